The number of nitrogen functional groups attached to an aromatic ring is 2. The van der Waals surface area contributed by atoms with Crippen molar-refractivity contribution in [1.29, 1.82) is 0 Å². The first-order valence-corrected chi connectivity index (χ1v) is 7.56. The standard InChI is InChI=1S/C14H15BrN4O3/c1-2-7-9(22-10-6-18-14(17)19-13(10)16)5-8(15)12-11(7)20-3-4-21-12/h5-6H,2-4H2,1H3,(H4,16,17,18,19). The van der Waals surface area contributed by atoms with E-state index in [1.54, 1.807) is 0 Å². The molecule has 8 heteroatoms. The number of anilines is 2. The summed E-state index contributed by atoms with van der Waals surface area (Å²) in [4.78, 5) is 7.78. The van der Waals surface area contributed by atoms with Crippen LogP contribution in [0.25, 0.3) is 0 Å². The Hall–Kier alpha value is -2.22. The molecule has 0 saturated heterocycles. The molecular formula is C14H15BrN4O3. The van der Waals surface area contributed by atoms with Gasteiger partial charge in [-0.1, -0.05) is 6.92 Å². The lowest BCUT2D eigenvalue weighted by molar-refractivity contribution is 0.168. The molecule has 4 N–H and O–H groups in total. The molecule has 7 nitrogen and oxygen atoms in total. The second-order valence-electron chi connectivity index (χ2n) is 4.62. The molecule has 0 unspecified atom stereocenters. The zero-order valence-corrected chi connectivity index (χ0v) is 13.5. The lowest BCUT2D eigenvalue weighted by atomic mass is 10.1. The molecule has 3 rings (SSSR count). The Labute approximate surface area is 135 Å². The van der Waals surface area contributed by atoms with E-state index in [4.69, 9.17) is 25.7 Å². The van der Waals surface area contributed by atoms with Gasteiger partial charge in [-0.25, -0.2) is 4.98 Å². The second kappa shape index (κ2) is 5.88. The number of fused-ring (bicyclic) bond motifs is 1. The number of hydrogen-bond donors (Lipinski definition) is 2. The van der Waals surface area contributed by atoms with E-state index in [2.05, 4.69) is 25.9 Å². The SMILES string of the molecule is CCc1c(Oc2cnc(N)nc2N)cc(Br)c2c1OCCO2. The highest BCUT2D eigenvalue weighted by molar-refractivity contribution is 9.10. The zero-order chi connectivity index (χ0) is 15.7. The van der Waals surface area contributed by atoms with Crippen LogP contribution in [0.2, 0.25) is 0 Å². The predicted octanol–water partition coefficient (Wildman–Crippen LogP) is 2.53. The topological polar surface area (TPSA) is 106 Å². The maximum absolute atomic E-state index is 5.86. The number of nitrogens with zero attached hydrogens (tertiary/aromatic N) is 2. The summed E-state index contributed by atoms with van der Waals surface area (Å²) in [6.45, 7) is 3.04. The van der Waals surface area contributed by atoms with Crippen LogP contribution in [-0.4, -0.2) is 23.2 Å². The van der Waals surface area contributed by atoms with Crippen molar-refractivity contribution in [2.75, 3.05) is 24.7 Å². The zero-order valence-electron chi connectivity index (χ0n) is 11.9. The molecule has 116 valence electrons. The van der Waals surface area contributed by atoms with E-state index in [0.717, 1.165) is 10.0 Å². The number of ether oxygens (including phenoxy) is 3. The van der Waals surface area contributed by atoms with Crippen LogP contribution >= 0.6 is 15.9 Å². The van der Waals surface area contributed by atoms with Gasteiger partial charge >= 0.3 is 0 Å². The average Bonchev–Trinajstić information content (AvgIpc) is 2.50. The molecule has 2 aromatic rings. The summed E-state index contributed by atoms with van der Waals surface area (Å²) in [5.41, 5.74) is 12.2. The number of nitrogens with two attached hydrogens (primary N) is 2. The Kier molecular flexibility index (Phi) is 3.93. The highest BCUT2D eigenvalue weighted by Gasteiger charge is 2.23. The molecule has 1 aliphatic rings. The van der Waals surface area contributed by atoms with Crippen molar-refractivity contribution >= 4 is 27.7 Å². The molecule has 0 fully saturated rings. The van der Waals surface area contributed by atoms with E-state index in [1.165, 1.54) is 6.20 Å². The van der Waals surface area contributed by atoms with Gasteiger partial charge in [-0.3, -0.25) is 0 Å². The molecule has 1 aliphatic heterocycles. The molecule has 1 aromatic heterocycles. The van der Waals surface area contributed by atoms with Gasteiger partial charge in [0.1, 0.15) is 19.0 Å². The predicted molar refractivity (Wildman–Crippen MR) is 85.4 cm³/mol. The largest absolute Gasteiger partial charge is 0.486 e. The summed E-state index contributed by atoms with van der Waals surface area (Å²) < 4.78 is 18.0. The Morgan fingerprint density at radius 3 is 2.64 bits per heavy atom. The maximum atomic E-state index is 5.86. The van der Waals surface area contributed by atoms with E-state index in [-0.39, 0.29) is 11.8 Å². The fraction of sp³-hybridized carbons (Fsp3) is 0.286. The van der Waals surface area contributed by atoms with Gasteiger partial charge in [0, 0.05) is 5.56 Å². The molecular weight excluding hydrogens is 352 g/mol. The minimum absolute atomic E-state index is 0.101. The number of hydrogen-bond acceptors (Lipinski definition) is 7. The first-order chi connectivity index (χ1) is 10.6. The summed E-state index contributed by atoms with van der Waals surface area (Å²) in [7, 11) is 0. The third kappa shape index (κ3) is 2.61. The van der Waals surface area contributed by atoms with Crippen molar-refractivity contribution in [1.82, 2.24) is 9.97 Å². The van der Waals surface area contributed by atoms with Crippen molar-refractivity contribution in [2.24, 2.45) is 0 Å². The number of aromatic nitrogens is 2. The van der Waals surface area contributed by atoms with E-state index in [9.17, 15) is 0 Å². The van der Waals surface area contributed by atoms with E-state index in [0.29, 0.717) is 42.6 Å². The van der Waals surface area contributed by atoms with Crippen LogP contribution in [0.1, 0.15) is 12.5 Å². The van der Waals surface area contributed by atoms with Crippen molar-refractivity contribution in [3.63, 3.8) is 0 Å². The molecule has 2 heterocycles. The summed E-state index contributed by atoms with van der Waals surface area (Å²) in [5, 5.41) is 0. The second-order valence-corrected chi connectivity index (χ2v) is 5.48. The highest BCUT2D eigenvalue weighted by Crippen LogP contribution is 2.46. The van der Waals surface area contributed by atoms with Crippen LogP contribution in [0, 0.1) is 0 Å². The van der Waals surface area contributed by atoms with Crippen LogP contribution in [0.4, 0.5) is 11.8 Å². The molecule has 0 amide bonds. The highest BCUT2D eigenvalue weighted by atomic mass is 79.9. The monoisotopic (exact) mass is 366 g/mol. The summed E-state index contributed by atoms with van der Waals surface area (Å²) in [6, 6.07) is 1.82. The fourth-order valence-corrected chi connectivity index (χ4v) is 2.72. The quantitative estimate of drug-likeness (QED) is 0.859. The first-order valence-electron chi connectivity index (χ1n) is 6.77. The molecule has 0 radical (unpaired) electrons. The lowest BCUT2D eigenvalue weighted by Crippen LogP contribution is -2.17. The summed E-state index contributed by atoms with van der Waals surface area (Å²) >= 11 is 3.47. The Morgan fingerprint density at radius 1 is 1.23 bits per heavy atom. The van der Waals surface area contributed by atoms with E-state index in [1.807, 2.05) is 13.0 Å². The number of halogens is 1. The van der Waals surface area contributed by atoms with Gasteiger partial charge in [0.2, 0.25) is 5.95 Å². The number of rotatable bonds is 3. The van der Waals surface area contributed by atoms with E-state index < -0.39 is 0 Å². The van der Waals surface area contributed by atoms with Crippen LogP contribution in [0.3, 0.4) is 0 Å². The smallest absolute Gasteiger partial charge is 0.222 e. The lowest BCUT2D eigenvalue weighted by Gasteiger charge is -2.24. The summed E-state index contributed by atoms with van der Waals surface area (Å²) in [5.74, 6) is 2.61. The minimum Gasteiger partial charge on any atom is -0.486 e. The molecule has 1 aromatic carbocycles. The van der Waals surface area contributed by atoms with Gasteiger partial charge < -0.3 is 25.7 Å². The molecule has 22 heavy (non-hydrogen) atoms. The van der Waals surface area contributed by atoms with Crippen LogP contribution in [-0.2, 0) is 6.42 Å². The van der Waals surface area contributed by atoms with Gasteiger partial charge in [0.25, 0.3) is 0 Å². The summed E-state index contributed by atoms with van der Waals surface area (Å²) in [6.07, 6.45) is 2.16. The first kappa shape index (κ1) is 14.7. The number of benzene rings is 1. The van der Waals surface area contributed by atoms with Crippen molar-refractivity contribution in [3.05, 3.63) is 22.3 Å². The molecule has 0 bridgehead atoms. The van der Waals surface area contributed by atoms with Gasteiger partial charge in [-0.15, -0.1) is 0 Å². The minimum atomic E-state index is 0.101. The molecule has 0 atom stereocenters. The van der Waals surface area contributed by atoms with Gasteiger partial charge in [0.15, 0.2) is 23.1 Å². The van der Waals surface area contributed by atoms with Crippen molar-refractivity contribution < 1.29 is 14.2 Å². The van der Waals surface area contributed by atoms with Gasteiger partial charge in [-0.05, 0) is 28.4 Å². The Bertz CT molecular complexity index is 724. The van der Waals surface area contributed by atoms with E-state index >= 15 is 0 Å². The van der Waals surface area contributed by atoms with Crippen LogP contribution in [0.5, 0.6) is 23.0 Å². The molecule has 0 spiro atoms. The van der Waals surface area contributed by atoms with Gasteiger partial charge in [0.05, 0.1) is 10.7 Å². The molecule has 0 saturated carbocycles. The Morgan fingerprint density at radius 2 is 1.95 bits per heavy atom. The van der Waals surface area contributed by atoms with Crippen LogP contribution < -0.4 is 25.7 Å². The normalized spacial score (nSPS) is 13.0. The van der Waals surface area contributed by atoms with Gasteiger partial charge in [-0.2, -0.15) is 4.98 Å². The average molecular weight is 367 g/mol. The van der Waals surface area contributed by atoms with Crippen LogP contribution in [0.15, 0.2) is 16.7 Å². The van der Waals surface area contributed by atoms with Crippen molar-refractivity contribution in [3.8, 4) is 23.0 Å². The maximum Gasteiger partial charge on any atom is 0.222 e. The fourth-order valence-electron chi connectivity index (χ4n) is 2.22. The van der Waals surface area contributed by atoms with Crippen molar-refractivity contribution in [2.45, 2.75) is 13.3 Å². The third-order valence-corrected chi connectivity index (χ3v) is 3.79. The third-order valence-electron chi connectivity index (χ3n) is 3.20. The molecule has 0 aliphatic carbocycles. The Balaban J connectivity index is 2.05.